The Morgan fingerprint density at radius 3 is 2.31 bits per heavy atom. The molecule has 1 heterocycles. The lowest BCUT2D eigenvalue weighted by molar-refractivity contribution is -0.264. The van der Waals surface area contributed by atoms with E-state index in [1.807, 2.05) is 6.92 Å². The van der Waals surface area contributed by atoms with Crippen molar-refractivity contribution in [1.29, 1.82) is 0 Å². The van der Waals surface area contributed by atoms with E-state index in [4.69, 9.17) is 4.74 Å². The lowest BCUT2D eigenvalue weighted by atomic mass is 9.41. The molecule has 0 bridgehead atoms. The van der Waals surface area contributed by atoms with Crippen molar-refractivity contribution in [3.8, 4) is 0 Å². The normalized spacial score (nSPS) is 56.8. The Morgan fingerprint density at radius 2 is 1.62 bits per heavy atom. The molecular weight excluding hydrogens is 368 g/mol. The first kappa shape index (κ1) is 20.0. The van der Waals surface area contributed by atoms with E-state index >= 15 is 0 Å². The number of cyclic esters (lactones) is 1. The molecule has 1 aliphatic heterocycles. The van der Waals surface area contributed by atoms with E-state index in [1.165, 1.54) is 0 Å². The Labute approximate surface area is 173 Å². The fraction of sp³-hybridized carbons (Fsp3) is 0.875. The van der Waals surface area contributed by atoms with E-state index in [1.54, 1.807) is 6.08 Å². The molecule has 8 atom stereocenters. The maximum absolute atomic E-state index is 12.2. The van der Waals surface area contributed by atoms with E-state index in [2.05, 4.69) is 13.8 Å². The molecule has 4 aliphatic carbocycles. The van der Waals surface area contributed by atoms with Crippen LogP contribution < -0.4 is 0 Å². The fourth-order valence-corrected chi connectivity index (χ4v) is 8.63. The predicted octanol–water partition coefficient (Wildman–Crippen LogP) is 3.11. The summed E-state index contributed by atoms with van der Waals surface area (Å²) < 4.78 is 5.19. The number of esters is 1. The van der Waals surface area contributed by atoms with Crippen LogP contribution in [0.15, 0.2) is 11.6 Å². The molecular formula is C24H36O5. The smallest absolute Gasteiger partial charge is 0.331 e. The van der Waals surface area contributed by atoms with Crippen LogP contribution in [0, 0.1) is 28.6 Å². The molecule has 5 nitrogen and oxygen atoms in total. The van der Waals surface area contributed by atoms with Gasteiger partial charge in [-0.2, -0.15) is 0 Å². The van der Waals surface area contributed by atoms with Crippen molar-refractivity contribution in [2.24, 2.45) is 28.6 Å². The molecule has 29 heavy (non-hydrogen) atoms. The molecule has 0 aromatic carbocycles. The van der Waals surface area contributed by atoms with Gasteiger partial charge in [0.2, 0.25) is 0 Å². The van der Waals surface area contributed by atoms with Crippen LogP contribution in [0.1, 0.15) is 78.6 Å². The third-order valence-electron chi connectivity index (χ3n) is 10.4. The van der Waals surface area contributed by atoms with Crippen LogP contribution in [-0.4, -0.2) is 44.7 Å². The van der Waals surface area contributed by atoms with Crippen LogP contribution in [-0.2, 0) is 9.53 Å². The average Bonchev–Trinajstić information content (AvgIpc) is 3.16. The molecule has 4 fully saturated rings. The van der Waals surface area contributed by atoms with E-state index in [-0.39, 0.29) is 34.6 Å². The number of hydrogen-bond donors (Lipinski definition) is 3. The molecule has 0 radical (unpaired) electrons. The molecule has 5 heteroatoms. The van der Waals surface area contributed by atoms with Crippen molar-refractivity contribution in [2.45, 2.75) is 95.4 Å². The highest BCUT2D eigenvalue weighted by molar-refractivity contribution is 5.85. The monoisotopic (exact) mass is 404 g/mol. The lowest BCUT2D eigenvalue weighted by Crippen LogP contribution is -2.68. The zero-order valence-electron chi connectivity index (χ0n) is 18.0. The van der Waals surface area contributed by atoms with Gasteiger partial charge >= 0.3 is 5.97 Å². The van der Waals surface area contributed by atoms with Crippen LogP contribution in [0.3, 0.4) is 0 Å². The molecule has 0 aromatic heterocycles. The maximum Gasteiger partial charge on any atom is 0.331 e. The summed E-state index contributed by atoms with van der Waals surface area (Å²) in [6, 6.07) is 0. The first-order chi connectivity index (χ1) is 13.4. The lowest BCUT2D eigenvalue weighted by Gasteiger charge is -2.66. The van der Waals surface area contributed by atoms with E-state index in [0.29, 0.717) is 25.9 Å². The summed E-state index contributed by atoms with van der Waals surface area (Å²) in [6.45, 7) is 6.65. The van der Waals surface area contributed by atoms with Crippen molar-refractivity contribution in [1.82, 2.24) is 0 Å². The van der Waals surface area contributed by atoms with E-state index < -0.39 is 16.8 Å². The third-order valence-corrected chi connectivity index (χ3v) is 10.4. The SMILES string of the molecule is CC1(O)CCC2(C)C3CCC4(C)C(C5=CC(=O)OC5)CCC4(O)C3CCC2(O)C1. The van der Waals surface area contributed by atoms with Gasteiger partial charge < -0.3 is 20.1 Å². The Balaban J connectivity index is 1.49. The summed E-state index contributed by atoms with van der Waals surface area (Å²) in [6.07, 6.45) is 8.60. The van der Waals surface area contributed by atoms with E-state index in [9.17, 15) is 20.1 Å². The summed E-state index contributed by atoms with van der Waals surface area (Å²) in [5, 5.41) is 34.5. The van der Waals surface area contributed by atoms with Crippen molar-refractivity contribution in [3.63, 3.8) is 0 Å². The summed E-state index contributed by atoms with van der Waals surface area (Å²) >= 11 is 0. The highest BCUT2D eigenvalue weighted by atomic mass is 16.5. The number of hydrogen-bond acceptors (Lipinski definition) is 5. The van der Waals surface area contributed by atoms with Gasteiger partial charge in [0.05, 0.1) is 16.8 Å². The van der Waals surface area contributed by atoms with Gasteiger partial charge in [-0.05, 0) is 87.0 Å². The van der Waals surface area contributed by atoms with Crippen molar-refractivity contribution < 1.29 is 24.9 Å². The number of fused-ring (bicyclic) bond motifs is 5. The summed E-state index contributed by atoms with van der Waals surface area (Å²) in [7, 11) is 0. The van der Waals surface area contributed by atoms with Crippen LogP contribution in [0.25, 0.3) is 0 Å². The summed E-state index contributed by atoms with van der Waals surface area (Å²) in [4.78, 5) is 11.7. The summed E-state index contributed by atoms with van der Waals surface area (Å²) in [5.41, 5.74) is -1.89. The molecule has 0 spiro atoms. The van der Waals surface area contributed by atoms with Crippen LogP contribution >= 0.6 is 0 Å². The summed E-state index contributed by atoms with van der Waals surface area (Å²) in [5.74, 6) is 0.376. The minimum atomic E-state index is -0.855. The fourth-order valence-electron chi connectivity index (χ4n) is 8.63. The number of aliphatic hydroxyl groups is 3. The molecule has 8 unspecified atom stereocenters. The first-order valence-corrected chi connectivity index (χ1v) is 11.5. The molecule has 0 aromatic rings. The van der Waals surface area contributed by atoms with Gasteiger partial charge in [0.1, 0.15) is 6.61 Å². The number of ether oxygens (including phenoxy) is 1. The van der Waals surface area contributed by atoms with Gasteiger partial charge in [-0.25, -0.2) is 4.79 Å². The quantitative estimate of drug-likeness (QED) is 0.585. The van der Waals surface area contributed by atoms with Crippen LogP contribution in [0.5, 0.6) is 0 Å². The second-order valence-corrected chi connectivity index (χ2v) is 11.7. The van der Waals surface area contributed by atoms with Gasteiger partial charge in [-0.3, -0.25) is 0 Å². The Hall–Kier alpha value is -0.910. The molecule has 0 saturated heterocycles. The second-order valence-electron chi connectivity index (χ2n) is 11.7. The zero-order valence-corrected chi connectivity index (χ0v) is 18.0. The molecule has 4 saturated carbocycles. The molecule has 3 N–H and O–H groups in total. The number of rotatable bonds is 1. The maximum atomic E-state index is 12.2. The van der Waals surface area contributed by atoms with Gasteiger partial charge in [-0.1, -0.05) is 13.8 Å². The van der Waals surface area contributed by atoms with E-state index in [0.717, 1.165) is 44.1 Å². The Bertz CT molecular complexity index is 773. The topological polar surface area (TPSA) is 87.0 Å². The predicted molar refractivity (Wildman–Crippen MR) is 108 cm³/mol. The van der Waals surface area contributed by atoms with Gasteiger partial charge in [0, 0.05) is 17.9 Å². The minimum absolute atomic E-state index is 0.165. The largest absolute Gasteiger partial charge is 0.458 e. The van der Waals surface area contributed by atoms with Gasteiger partial charge in [0.15, 0.2) is 0 Å². The number of carbonyl (C=O) groups is 1. The molecule has 5 rings (SSSR count). The minimum Gasteiger partial charge on any atom is -0.458 e. The van der Waals surface area contributed by atoms with Crippen LogP contribution in [0.4, 0.5) is 0 Å². The Kier molecular flexibility index (Phi) is 4.05. The first-order valence-electron chi connectivity index (χ1n) is 11.5. The van der Waals surface area contributed by atoms with Crippen molar-refractivity contribution in [3.05, 3.63) is 11.6 Å². The van der Waals surface area contributed by atoms with Crippen LogP contribution in [0.2, 0.25) is 0 Å². The average molecular weight is 405 g/mol. The second kappa shape index (κ2) is 5.86. The van der Waals surface area contributed by atoms with Gasteiger partial charge in [-0.15, -0.1) is 0 Å². The van der Waals surface area contributed by atoms with Gasteiger partial charge in [0.25, 0.3) is 0 Å². The van der Waals surface area contributed by atoms with Crippen molar-refractivity contribution in [2.75, 3.05) is 6.61 Å². The Morgan fingerprint density at radius 1 is 0.897 bits per heavy atom. The third kappa shape index (κ3) is 2.47. The standard InChI is InChI=1S/C24H36O5/c1-20(26)10-11-21(2)17-4-7-22(3)16(15-12-19(25)29-13-15)6-9-24(22,28)18(17)5-8-23(21,27)14-20/h12,16-18,26-28H,4-11,13-14H2,1-3H3. The molecule has 162 valence electrons. The highest BCUT2D eigenvalue weighted by Crippen LogP contribution is 2.71. The molecule has 0 amide bonds. The van der Waals surface area contributed by atoms with Crippen molar-refractivity contribution >= 4 is 5.97 Å². The highest BCUT2D eigenvalue weighted by Gasteiger charge is 2.70. The number of carbonyl (C=O) groups excluding carboxylic acids is 1. The molecule has 5 aliphatic rings. The zero-order chi connectivity index (χ0) is 20.9.